The van der Waals surface area contributed by atoms with Crippen molar-refractivity contribution in [2.45, 2.75) is 25.4 Å². The van der Waals surface area contributed by atoms with Crippen LogP contribution in [0.4, 0.5) is 0 Å². The number of amides is 2. The Labute approximate surface area is 107 Å². The number of nitrogens with two attached hydrogens (primary N) is 2. The molecule has 0 saturated heterocycles. The van der Waals surface area contributed by atoms with E-state index in [9.17, 15) is 9.59 Å². The average molecular weight is 249 g/mol. The van der Waals surface area contributed by atoms with Crippen molar-refractivity contribution in [3.8, 4) is 0 Å². The molecule has 0 spiro atoms. The molecule has 0 aliphatic rings. The van der Waals surface area contributed by atoms with Gasteiger partial charge in [0.15, 0.2) is 0 Å². The third kappa shape index (κ3) is 3.56. The van der Waals surface area contributed by atoms with Gasteiger partial charge in [-0.2, -0.15) is 0 Å². The van der Waals surface area contributed by atoms with Gasteiger partial charge in [0.2, 0.25) is 11.8 Å². The van der Waals surface area contributed by atoms with Crippen molar-refractivity contribution in [2.75, 3.05) is 7.05 Å². The van der Waals surface area contributed by atoms with Crippen molar-refractivity contribution >= 4 is 11.8 Å². The van der Waals surface area contributed by atoms with Crippen LogP contribution in [-0.2, 0) is 9.59 Å². The first kappa shape index (κ1) is 14.2. The smallest absolute Gasteiger partial charge is 0.240 e. The summed E-state index contributed by atoms with van der Waals surface area (Å²) in [5.41, 5.74) is 11.7. The molecule has 5 heteroatoms. The highest BCUT2D eigenvalue weighted by Gasteiger charge is 2.23. The summed E-state index contributed by atoms with van der Waals surface area (Å²) in [7, 11) is 1.67. The fourth-order valence-electron chi connectivity index (χ4n) is 1.71. The maximum Gasteiger partial charge on any atom is 0.240 e. The highest BCUT2D eigenvalue weighted by Crippen LogP contribution is 2.18. The Morgan fingerprint density at radius 3 is 2.33 bits per heavy atom. The van der Waals surface area contributed by atoms with Crippen molar-refractivity contribution in [3.63, 3.8) is 0 Å². The van der Waals surface area contributed by atoms with Crippen LogP contribution < -0.4 is 11.5 Å². The van der Waals surface area contributed by atoms with Crippen molar-refractivity contribution in [3.05, 3.63) is 35.9 Å². The lowest BCUT2D eigenvalue weighted by atomic mass is 10.1. The van der Waals surface area contributed by atoms with Gasteiger partial charge in [-0.15, -0.1) is 0 Å². The summed E-state index contributed by atoms with van der Waals surface area (Å²) in [5, 5.41) is 0. The number of primary amides is 1. The van der Waals surface area contributed by atoms with Crippen LogP contribution in [-0.4, -0.2) is 29.8 Å². The fraction of sp³-hybridized carbons (Fsp3) is 0.385. The summed E-state index contributed by atoms with van der Waals surface area (Å²) < 4.78 is 0. The lowest BCUT2D eigenvalue weighted by Gasteiger charge is -2.27. The molecule has 0 radical (unpaired) electrons. The Morgan fingerprint density at radius 2 is 1.83 bits per heavy atom. The Kier molecular flexibility index (Phi) is 4.85. The van der Waals surface area contributed by atoms with Crippen molar-refractivity contribution in [1.29, 1.82) is 0 Å². The quantitative estimate of drug-likeness (QED) is 0.792. The summed E-state index contributed by atoms with van der Waals surface area (Å²) in [4.78, 5) is 24.3. The first-order chi connectivity index (χ1) is 8.43. The summed E-state index contributed by atoms with van der Waals surface area (Å²) in [5.74, 6) is -0.859. The van der Waals surface area contributed by atoms with Gasteiger partial charge >= 0.3 is 0 Å². The molecule has 98 valence electrons. The van der Waals surface area contributed by atoms with Gasteiger partial charge in [0.1, 0.15) is 0 Å². The lowest BCUT2D eigenvalue weighted by Crippen LogP contribution is -2.44. The van der Waals surface area contributed by atoms with Gasteiger partial charge in [-0.1, -0.05) is 30.3 Å². The zero-order valence-electron chi connectivity index (χ0n) is 10.7. The van der Waals surface area contributed by atoms with E-state index in [1.165, 1.54) is 4.90 Å². The van der Waals surface area contributed by atoms with Gasteiger partial charge in [-0.3, -0.25) is 9.59 Å². The second kappa shape index (κ2) is 6.16. The van der Waals surface area contributed by atoms with E-state index in [4.69, 9.17) is 11.5 Å². The van der Waals surface area contributed by atoms with E-state index >= 15 is 0 Å². The van der Waals surface area contributed by atoms with Gasteiger partial charge in [0.05, 0.1) is 18.5 Å². The molecule has 0 fully saturated rings. The molecule has 4 N–H and O–H groups in total. The molecule has 1 aromatic carbocycles. The van der Waals surface area contributed by atoms with Gasteiger partial charge < -0.3 is 16.4 Å². The summed E-state index contributed by atoms with van der Waals surface area (Å²) in [6.45, 7) is 1.91. The number of nitrogens with zero attached hydrogens (tertiary/aromatic N) is 1. The molecule has 2 atom stereocenters. The first-order valence-corrected chi connectivity index (χ1v) is 5.79. The second-order valence-electron chi connectivity index (χ2n) is 4.31. The average Bonchev–Trinajstić information content (AvgIpc) is 2.36. The zero-order valence-corrected chi connectivity index (χ0v) is 10.7. The van der Waals surface area contributed by atoms with E-state index in [1.54, 1.807) is 7.05 Å². The Bertz CT molecular complexity index is 420. The van der Waals surface area contributed by atoms with Crippen LogP contribution in [0, 0.1) is 0 Å². The van der Waals surface area contributed by atoms with E-state index < -0.39 is 11.9 Å². The maximum atomic E-state index is 12.0. The normalized spacial score (nSPS) is 13.7. The number of benzene rings is 1. The molecular weight excluding hydrogens is 230 g/mol. The number of rotatable bonds is 5. The fourth-order valence-corrected chi connectivity index (χ4v) is 1.71. The lowest BCUT2D eigenvalue weighted by molar-refractivity contribution is -0.135. The number of carbonyl (C=O) groups excluding carboxylic acids is 2. The van der Waals surface area contributed by atoms with Crippen LogP contribution in [0.2, 0.25) is 0 Å². The predicted octanol–water partition coefficient (Wildman–Crippen LogP) is 0.409. The van der Waals surface area contributed by atoms with Gasteiger partial charge in [0, 0.05) is 7.05 Å². The third-order valence-corrected chi connectivity index (χ3v) is 2.95. The SMILES string of the molecule is CC(c1ccccc1)N(C)C(=O)C(N)CC(N)=O. The maximum absolute atomic E-state index is 12.0. The summed E-state index contributed by atoms with van der Waals surface area (Å²) >= 11 is 0. The molecule has 5 nitrogen and oxygen atoms in total. The van der Waals surface area contributed by atoms with Crippen LogP contribution in [0.15, 0.2) is 30.3 Å². The molecule has 1 aromatic rings. The molecule has 0 bridgehead atoms. The second-order valence-corrected chi connectivity index (χ2v) is 4.31. The van der Waals surface area contributed by atoms with Gasteiger partial charge in [-0.25, -0.2) is 0 Å². The topological polar surface area (TPSA) is 89.4 Å². The molecule has 0 saturated carbocycles. The number of hydrogen-bond acceptors (Lipinski definition) is 3. The van der Waals surface area contributed by atoms with Crippen molar-refractivity contribution in [2.24, 2.45) is 11.5 Å². The predicted molar refractivity (Wildman–Crippen MR) is 69.4 cm³/mol. The molecule has 1 rings (SSSR count). The van der Waals surface area contributed by atoms with E-state index in [-0.39, 0.29) is 18.4 Å². The van der Waals surface area contributed by atoms with E-state index in [0.717, 1.165) is 5.56 Å². The number of likely N-dealkylation sites (N-methyl/N-ethyl adjacent to an activating group) is 1. The minimum atomic E-state index is -0.876. The standard InChI is InChI=1S/C13H19N3O2/c1-9(10-6-4-3-5-7-10)16(2)13(18)11(14)8-12(15)17/h3-7,9,11H,8,14H2,1-2H3,(H2,15,17). The molecule has 0 heterocycles. The number of carbonyl (C=O) groups is 2. The van der Waals surface area contributed by atoms with Crippen LogP contribution >= 0.6 is 0 Å². The van der Waals surface area contributed by atoms with E-state index in [1.807, 2.05) is 37.3 Å². The molecule has 0 aliphatic carbocycles. The highest BCUT2D eigenvalue weighted by atomic mass is 16.2. The van der Waals surface area contributed by atoms with E-state index in [2.05, 4.69) is 0 Å². The van der Waals surface area contributed by atoms with Gasteiger partial charge in [0.25, 0.3) is 0 Å². The van der Waals surface area contributed by atoms with Crippen LogP contribution in [0.1, 0.15) is 24.9 Å². The Morgan fingerprint density at radius 1 is 1.28 bits per heavy atom. The van der Waals surface area contributed by atoms with Crippen molar-refractivity contribution < 1.29 is 9.59 Å². The minimum absolute atomic E-state index is 0.0994. The largest absolute Gasteiger partial charge is 0.370 e. The summed E-state index contributed by atoms with van der Waals surface area (Å²) in [6.07, 6.45) is -0.134. The van der Waals surface area contributed by atoms with Crippen LogP contribution in [0.5, 0.6) is 0 Å². The first-order valence-electron chi connectivity index (χ1n) is 5.79. The van der Waals surface area contributed by atoms with Gasteiger partial charge in [-0.05, 0) is 12.5 Å². The third-order valence-electron chi connectivity index (χ3n) is 2.95. The zero-order chi connectivity index (χ0) is 13.7. The highest BCUT2D eigenvalue weighted by molar-refractivity contribution is 5.87. The molecule has 2 unspecified atom stereocenters. The monoisotopic (exact) mass is 249 g/mol. The summed E-state index contributed by atoms with van der Waals surface area (Å²) in [6, 6.07) is 8.64. The minimum Gasteiger partial charge on any atom is -0.370 e. The van der Waals surface area contributed by atoms with Crippen LogP contribution in [0.25, 0.3) is 0 Å². The number of hydrogen-bond donors (Lipinski definition) is 2. The molecule has 0 aromatic heterocycles. The molecule has 0 aliphatic heterocycles. The Hall–Kier alpha value is -1.88. The van der Waals surface area contributed by atoms with E-state index in [0.29, 0.717) is 0 Å². The molecule has 18 heavy (non-hydrogen) atoms. The Balaban J connectivity index is 2.72. The van der Waals surface area contributed by atoms with Crippen LogP contribution in [0.3, 0.4) is 0 Å². The molecule has 2 amide bonds. The van der Waals surface area contributed by atoms with Crippen molar-refractivity contribution in [1.82, 2.24) is 4.90 Å². The molecular formula is C13H19N3O2.